The van der Waals surface area contributed by atoms with Gasteiger partial charge in [0.15, 0.2) is 5.96 Å². The van der Waals surface area contributed by atoms with E-state index < -0.39 is 0 Å². The number of amides is 1. The van der Waals surface area contributed by atoms with Crippen molar-refractivity contribution in [2.45, 2.75) is 51.2 Å². The van der Waals surface area contributed by atoms with Gasteiger partial charge in [-0.1, -0.05) is 0 Å². The number of nitrogens with one attached hydrogen (secondary N) is 3. The third-order valence-corrected chi connectivity index (χ3v) is 3.27. The smallest absolute Gasteiger partial charge is 0.220 e. The van der Waals surface area contributed by atoms with E-state index in [2.05, 4.69) is 20.9 Å². The Bertz CT molecular complexity index is 338. The highest BCUT2D eigenvalue weighted by atomic mass is 16.5. The maximum atomic E-state index is 11.5. The van der Waals surface area contributed by atoms with Crippen molar-refractivity contribution in [2.75, 3.05) is 27.2 Å². The summed E-state index contributed by atoms with van der Waals surface area (Å²) in [7, 11) is 3.42. The van der Waals surface area contributed by atoms with Crippen LogP contribution in [0.5, 0.6) is 0 Å². The number of hydrogen-bond acceptors (Lipinski definition) is 3. The molecule has 0 spiro atoms. The molecule has 0 atom stereocenters. The lowest BCUT2D eigenvalue weighted by molar-refractivity contribution is -0.121. The monoisotopic (exact) mass is 284 g/mol. The fraction of sp³-hybridized carbons (Fsp3) is 0.857. The van der Waals surface area contributed by atoms with Crippen LogP contribution in [0.15, 0.2) is 4.99 Å². The molecule has 0 aromatic rings. The molecule has 1 rings (SSSR count). The van der Waals surface area contributed by atoms with Crippen molar-refractivity contribution in [3.8, 4) is 0 Å². The summed E-state index contributed by atoms with van der Waals surface area (Å²) in [6.45, 7) is 5.42. The summed E-state index contributed by atoms with van der Waals surface area (Å²) in [6, 6.07) is 0.446. The summed E-state index contributed by atoms with van der Waals surface area (Å²) in [6.07, 6.45) is 3.63. The van der Waals surface area contributed by atoms with E-state index in [1.807, 2.05) is 13.8 Å². The second-order valence-corrected chi connectivity index (χ2v) is 5.76. The molecule has 0 radical (unpaired) electrons. The van der Waals surface area contributed by atoms with Gasteiger partial charge in [-0.2, -0.15) is 0 Å². The summed E-state index contributed by atoms with van der Waals surface area (Å²) < 4.78 is 5.33. The molecule has 6 nitrogen and oxygen atoms in total. The Kier molecular flexibility index (Phi) is 6.78. The Morgan fingerprint density at radius 2 is 2.05 bits per heavy atom. The van der Waals surface area contributed by atoms with E-state index >= 15 is 0 Å². The van der Waals surface area contributed by atoms with Gasteiger partial charge in [0.05, 0.1) is 5.60 Å². The molecule has 1 aliphatic carbocycles. The normalized spacial score (nSPS) is 15.9. The third-order valence-electron chi connectivity index (χ3n) is 3.27. The summed E-state index contributed by atoms with van der Waals surface area (Å²) >= 11 is 0. The van der Waals surface area contributed by atoms with Crippen LogP contribution in [0.2, 0.25) is 0 Å². The van der Waals surface area contributed by atoms with Crippen LogP contribution >= 0.6 is 0 Å². The van der Waals surface area contributed by atoms with Crippen molar-refractivity contribution in [3.05, 3.63) is 0 Å². The van der Waals surface area contributed by atoms with Gasteiger partial charge < -0.3 is 20.7 Å². The first-order valence-corrected chi connectivity index (χ1v) is 7.26. The zero-order valence-corrected chi connectivity index (χ0v) is 13.1. The van der Waals surface area contributed by atoms with Crippen molar-refractivity contribution in [2.24, 2.45) is 4.99 Å². The van der Waals surface area contributed by atoms with Crippen LogP contribution in [0.3, 0.4) is 0 Å². The van der Waals surface area contributed by atoms with Gasteiger partial charge in [0.1, 0.15) is 0 Å². The number of ether oxygens (including phenoxy) is 1. The van der Waals surface area contributed by atoms with Gasteiger partial charge in [-0.25, -0.2) is 0 Å². The molecule has 1 fully saturated rings. The van der Waals surface area contributed by atoms with Gasteiger partial charge in [0, 0.05) is 39.7 Å². The van der Waals surface area contributed by atoms with Gasteiger partial charge >= 0.3 is 0 Å². The highest BCUT2D eigenvalue weighted by Gasteiger charge is 2.22. The van der Waals surface area contributed by atoms with E-state index in [1.165, 1.54) is 0 Å². The van der Waals surface area contributed by atoms with E-state index in [-0.39, 0.29) is 11.5 Å². The van der Waals surface area contributed by atoms with Crippen molar-refractivity contribution < 1.29 is 9.53 Å². The minimum absolute atomic E-state index is 0.151. The van der Waals surface area contributed by atoms with Gasteiger partial charge in [-0.05, 0) is 33.1 Å². The minimum atomic E-state index is -0.234. The van der Waals surface area contributed by atoms with E-state index in [0.29, 0.717) is 19.0 Å². The van der Waals surface area contributed by atoms with E-state index in [4.69, 9.17) is 4.74 Å². The lowest BCUT2D eigenvalue weighted by atomic mass is 10.1. The molecule has 0 saturated heterocycles. The molecule has 0 aromatic heterocycles. The number of carbonyl (C=O) groups is 1. The maximum Gasteiger partial charge on any atom is 0.220 e. The number of aliphatic imine (C=N–C) groups is 1. The molecule has 3 N–H and O–H groups in total. The van der Waals surface area contributed by atoms with E-state index in [1.54, 1.807) is 14.2 Å². The highest BCUT2D eigenvalue weighted by Crippen LogP contribution is 2.18. The molecule has 0 unspecified atom stereocenters. The van der Waals surface area contributed by atoms with Crippen LogP contribution in [0.1, 0.15) is 39.5 Å². The number of guanidine groups is 1. The molecule has 0 aliphatic heterocycles. The predicted octanol–water partition coefficient (Wildman–Crippen LogP) is 0.635. The molecule has 116 valence electrons. The molecule has 0 bridgehead atoms. The van der Waals surface area contributed by atoms with Crippen molar-refractivity contribution in [3.63, 3.8) is 0 Å². The van der Waals surface area contributed by atoms with Crippen LogP contribution < -0.4 is 16.0 Å². The van der Waals surface area contributed by atoms with Gasteiger partial charge in [-0.15, -0.1) is 0 Å². The first-order chi connectivity index (χ1) is 9.46. The van der Waals surface area contributed by atoms with Crippen molar-refractivity contribution >= 4 is 11.9 Å². The second kappa shape index (κ2) is 8.09. The summed E-state index contributed by atoms with van der Waals surface area (Å²) in [4.78, 5) is 15.6. The topological polar surface area (TPSA) is 74.8 Å². The van der Waals surface area contributed by atoms with Crippen LogP contribution in [0.25, 0.3) is 0 Å². The molecular weight excluding hydrogens is 256 g/mol. The van der Waals surface area contributed by atoms with Crippen molar-refractivity contribution in [1.82, 2.24) is 16.0 Å². The van der Waals surface area contributed by atoms with E-state index in [9.17, 15) is 4.79 Å². The number of carbonyl (C=O) groups excluding carboxylic acids is 1. The zero-order chi connectivity index (χ0) is 15.0. The Morgan fingerprint density at radius 1 is 1.35 bits per heavy atom. The highest BCUT2D eigenvalue weighted by molar-refractivity contribution is 5.80. The minimum Gasteiger partial charge on any atom is -0.377 e. The first kappa shape index (κ1) is 16.8. The summed E-state index contributed by atoms with van der Waals surface area (Å²) in [5, 5.41) is 9.38. The SMILES string of the molecule is CN=C(NCCCC(=O)NC1CC1)NCC(C)(C)OC. The molecule has 1 amide bonds. The number of rotatable bonds is 8. The van der Waals surface area contributed by atoms with Crippen LogP contribution in [-0.2, 0) is 9.53 Å². The largest absolute Gasteiger partial charge is 0.377 e. The molecule has 6 heteroatoms. The molecule has 1 aliphatic rings. The Hall–Kier alpha value is -1.30. The standard InChI is InChI=1S/C14H28N4O2/c1-14(2,20-4)10-17-13(15-3)16-9-5-6-12(19)18-11-7-8-11/h11H,5-10H2,1-4H3,(H,18,19)(H2,15,16,17). The third kappa shape index (κ3) is 7.33. The lowest BCUT2D eigenvalue weighted by Gasteiger charge is -2.24. The molecular formula is C14H28N4O2. The predicted molar refractivity (Wildman–Crippen MR) is 80.9 cm³/mol. The first-order valence-electron chi connectivity index (χ1n) is 7.26. The average molecular weight is 284 g/mol. The van der Waals surface area contributed by atoms with Crippen LogP contribution in [-0.4, -0.2) is 50.8 Å². The maximum absolute atomic E-state index is 11.5. The molecule has 20 heavy (non-hydrogen) atoms. The average Bonchev–Trinajstić information content (AvgIpc) is 3.21. The van der Waals surface area contributed by atoms with Gasteiger partial charge in [-0.3, -0.25) is 9.79 Å². The quantitative estimate of drug-likeness (QED) is 0.347. The molecule has 0 aromatic carbocycles. The summed E-state index contributed by atoms with van der Waals surface area (Å²) in [5.74, 6) is 0.885. The Labute approximate surface area is 121 Å². The second-order valence-electron chi connectivity index (χ2n) is 5.76. The Balaban J connectivity index is 2.10. The molecule has 1 saturated carbocycles. The van der Waals surface area contributed by atoms with E-state index in [0.717, 1.165) is 31.8 Å². The van der Waals surface area contributed by atoms with Crippen LogP contribution in [0, 0.1) is 0 Å². The van der Waals surface area contributed by atoms with Crippen LogP contribution in [0.4, 0.5) is 0 Å². The van der Waals surface area contributed by atoms with Gasteiger partial charge in [0.25, 0.3) is 0 Å². The zero-order valence-electron chi connectivity index (χ0n) is 13.1. The molecule has 0 heterocycles. The summed E-state index contributed by atoms with van der Waals surface area (Å²) in [5.41, 5.74) is -0.234. The lowest BCUT2D eigenvalue weighted by Crippen LogP contribution is -2.45. The number of nitrogens with zero attached hydrogens (tertiary/aromatic N) is 1. The van der Waals surface area contributed by atoms with Gasteiger partial charge in [0.2, 0.25) is 5.91 Å². The fourth-order valence-corrected chi connectivity index (χ4v) is 1.57. The number of methoxy groups -OCH3 is 1. The van der Waals surface area contributed by atoms with Crippen molar-refractivity contribution in [1.29, 1.82) is 0 Å². The fourth-order valence-electron chi connectivity index (χ4n) is 1.57. The Morgan fingerprint density at radius 3 is 2.60 bits per heavy atom. The number of hydrogen-bond donors (Lipinski definition) is 3.